The lowest BCUT2D eigenvalue weighted by atomic mass is 10.2. The van der Waals surface area contributed by atoms with Crippen LogP contribution in [-0.2, 0) is 13.2 Å². The van der Waals surface area contributed by atoms with Crippen LogP contribution < -0.4 is 10.5 Å². The Morgan fingerprint density at radius 2 is 2.05 bits per heavy atom. The number of rotatable bonds is 4. The first kappa shape index (κ1) is 14.3. The summed E-state index contributed by atoms with van der Waals surface area (Å²) in [6.45, 7) is 0.532. The summed E-state index contributed by atoms with van der Waals surface area (Å²) in [7, 11) is 0. The zero-order valence-corrected chi connectivity index (χ0v) is 12.3. The van der Waals surface area contributed by atoms with Crippen LogP contribution in [0.15, 0.2) is 40.9 Å². The molecule has 100 valence electrons. The maximum atomic E-state index is 13.6. The molecule has 0 aliphatic carbocycles. The Hall–Kier alpha value is -1.10. The molecule has 2 aromatic carbocycles. The molecular formula is C14H12BrClFNO. The molecule has 2 rings (SSSR count). The first-order chi connectivity index (χ1) is 9.11. The second kappa shape index (κ2) is 6.37. The van der Waals surface area contributed by atoms with Gasteiger partial charge in [0.1, 0.15) is 18.2 Å². The van der Waals surface area contributed by atoms with E-state index in [1.54, 1.807) is 18.2 Å². The minimum atomic E-state index is -0.373. The maximum absolute atomic E-state index is 13.6. The molecule has 5 heteroatoms. The van der Waals surface area contributed by atoms with Crippen LogP contribution in [0.5, 0.6) is 5.75 Å². The molecule has 0 radical (unpaired) electrons. The number of halogens is 3. The molecule has 0 aliphatic rings. The fourth-order valence-corrected chi connectivity index (χ4v) is 2.37. The van der Waals surface area contributed by atoms with Crippen LogP contribution in [0.3, 0.4) is 0 Å². The molecule has 2 aromatic rings. The number of hydrogen-bond donors (Lipinski definition) is 1. The van der Waals surface area contributed by atoms with Crippen molar-refractivity contribution in [3.8, 4) is 5.75 Å². The van der Waals surface area contributed by atoms with E-state index in [1.165, 1.54) is 6.07 Å². The summed E-state index contributed by atoms with van der Waals surface area (Å²) in [6.07, 6.45) is 0. The molecule has 0 fully saturated rings. The molecule has 0 atom stereocenters. The minimum absolute atomic E-state index is 0.0755. The number of nitrogens with two attached hydrogens (primary N) is 1. The third-order valence-corrected chi connectivity index (χ3v) is 3.64. The van der Waals surface area contributed by atoms with E-state index < -0.39 is 0 Å². The number of ether oxygens (including phenoxy) is 1. The first-order valence-electron chi connectivity index (χ1n) is 5.66. The smallest absolute Gasteiger partial charge is 0.134 e. The van der Waals surface area contributed by atoms with Crippen LogP contribution in [0.1, 0.15) is 11.1 Å². The van der Waals surface area contributed by atoms with Gasteiger partial charge in [-0.25, -0.2) is 4.39 Å². The molecule has 0 aromatic heterocycles. The SMILES string of the molecule is NCc1ccc(OCc2c(F)cccc2Cl)c(Br)c1. The van der Waals surface area contributed by atoms with Crippen LogP contribution in [0.25, 0.3) is 0 Å². The molecule has 19 heavy (non-hydrogen) atoms. The largest absolute Gasteiger partial charge is 0.488 e. The van der Waals surface area contributed by atoms with Gasteiger partial charge in [-0.05, 0) is 45.8 Å². The van der Waals surface area contributed by atoms with Crippen molar-refractivity contribution >= 4 is 27.5 Å². The third-order valence-electron chi connectivity index (χ3n) is 2.67. The maximum Gasteiger partial charge on any atom is 0.134 e. The van der Waals surface area contributed by atoms with Crippen molar-refractivity contribution in [2.24, 2.45) is 5.73 Å². The van der Waals surface area contributed by atoms with Gasteiger partial charge in [0, 0.05) is 12.1 Å². The summed E-state index contributed by atoms with van der Waals surface area (Å²) in [5.74, 6) is 0.249. The summed E-state index contributed by atoms with van der Waals surface area (Å²) < 4.78 is 19.9. The highest BCUT2D eigenvalue weighted by atomic mass is 79.9. The highest BCUT2D eigenvalue weighted by molar-refractivity contribution is 9.10. The normalized spacial score (nSPS) is 10.5. The van der Waals surface area contributed by atoms with Crippen molar-refractivity contribution < 1.29 is 9.13 Å². The van der Waals surface area contributed by atoms with Gasteiger partial charge in [0.25, 0.3) is 0 Å². The summed E-state index contributed by atoms with van der Waals surface area (Å²) in [6, 6.07) is 10.1. The quantitative estimate of drug-likeness (QED) is 0.898. The summed E-state index contributed by atoms with van der Waals surface area (Å²) in [5, 5.41) is 0.356. The highest BCUT2D eigenvalue weighted by Crippen LogP contribution is 2.28. The Morgan fingerprint density at radius 3 is 2.68 bits per heavy atom. The van der Waals surface area contributed by atoms with Crippen molar-refractivity contribution in [1.29, 1.82) is 0 Å². The van der Waals surface area contributed by atoms with Crippen molar-refractivity contribution in [2.45, 2.75) is 13.2 Å². The average molecular weight is 345 g/mol. The molecule has 2 nitrogen and oxygen atoms in total. The Morgan fingerprint density at radius 1 is 1.26 bits per heavy atom. The number of hydrogen-bond acceptors (Lipinski definition) is 2. The molecule has 0 saturated heterocycles. The van der Waals surface area contributed by atoms with E-state index in [9.17, 15) is 4.39 Å². The van der Waals surface area contributed by atoms with Gasteiger partial charge in [-0.2, -0.15) is 0 Å². The van der Waals surface area contributed by atoms with E-state index in [0.29, 0.717) is 22.9 Å². The average Bonchev–Trinajstić information content (AvgIpc) is 2.39. The zero-order valence-electron chi connectivity index (χ0n) is 10.00. The molecule has 0 aliphatic heterocycles. The van der Waals surface area contributed by atoms with Crippen molar-refractivity contribution in [3.05, 3.63) is 62.8 Å². The molecule has 0 amide bonds. The van der Waals surface area contributed by atoms with Crippen molar-refractivity contribution in [3.63, 3.8) is 0 Å². The standard InChI is InChI=1S/C14H12BrClFNO/c15-11-6-9(7-18)4-5-14(11)19-8-10-12(16)2-1-3-13(10)17/h1-6H,7-8,18H2. The van der Waals surface area contributed by atoms with E-state index in [2.05, 4.69) is 15.9 Å². The van der Waals surface area contributed by atoms with Gasteiger partial charge in [-0.1, -0.05) is 23.7 Å². The van der Waals surface area contributed by atoms with Gasteiger partial charge in [-0.3, -0.25) is 0 Å². The monoisotopic (exact) mass is 343 g/mol. The summed E-state index contributed by atoms with van der Waals surface area (Å²) in [4.78, 5) is 0. The Balaban J connectivity index is 2.15. The van der Waals surface area contributed by atoms with E-state index in [1.807, 2.05) is 12.1 Å². The topological polar surface area (TPSA) is 35.2 Å². The van der Waals surface area contributed by atoms with Gasteiger partial charge in [-0.15, -0.1) is 0 Å². The van der Waals surface area contributed by atoms with Gasteiger partial charge < -0.3 is 10.5 Å². The predicted molar refractivity (Wildman–Crippen MR) is 77.8 cm³/mol. The predicted octanol–water partition coefficient (Wildman–Crippen LogP) is 4.28. The van der Waals surface area contributed by atoms with E-state index in [4.69, 9.17) is 22.1 Å². The summed E-state index contributed by atoms with van der Waals surface area (Å²) in [5.41, 5.74) is 6.88. The second-order valence-corrected chi connectivity index (χ2v) is 5.22. The molecule has 0 spiro atoms. The Kier molecular flexibility index (Phi) is 4.80. The highest BCUT2D eigenvalue weighted by Gasteiger charge is 2.09. The van der Waals surface area contributed by atoms with Gasteiger partial charge >= 0.3 is 0 Å². The van der Waals surface area contributed by atoms with Gasteiger partial charge in [0.15, 0.2) is 0 Å². The van der Waals surface area contributed by atoms with Crippen molar-refractivity contribution in [1.82, 2.24) is 0 Å². The Bertz CT molecular complexity index is 571. The fourth-order valence-electron chi connectivity index (χ4n) is 1.61. The van der Waals surface area contributed by atoms with Crippen LogP contribution in [0.2, 0.25) is 5.02 Å². The molecule has 2 N–H and O–H groups in total. The number of benzene rings is 2. The van der Waals surface area contributed by atoms with E-state index in [-0.39, 0.29) is 12.4 Å². The minimum Gasteiger partial charge on any atom is -0.488 e. The zero-order chi connectivity index (χ0) is 13.8. The molecule has 0 unspecified atom stereocenters. The lowest BCUT2D eigenvalue weighted by molar-refractivity contribution is 0.298. The van der Waals surface area contributed by atoms with Gasteiger partial charge in [0.05, 0.1) is 9.50 Å². The summed E-state index contributed by atoms with van der Waals surface area (Å²) >= 11 is 9.33. The van der Waals surface area contributed by atoms with Crippen LogP contribution >= 0.6 is 27.5 Å². The lowest BCUT2D eigenvalue weighted by Crippen LogP contribution is -2.01. The lowest BCUT2D eigenvalue weighted by Gasteiger charge is -2.11. The van der Waals surface area contributed by atoms with Gasteiger partial charge in [0.2, 0.25) is 0 Å². The molecular weight excluding hydrogens is 333 g/mol. The third kappa shape index (κ3) is 3.47. The van der Waals surface area contributed by atoms with Crippen LogP contribution in [-0.4, -0.2) is 0 Å². The molecule has 0 saturated carbocycles. The van der Waals surface area contributed by atoms with Crippen LogP contribution in [0.4, 0.5) is 4.39 Å². The van der Waals surface area contributed by atoms with E-state index in [0.717, 1.165) is 10.0 Å². The second-order valence-electron chi connectivity index (χ2n) is 3.96. The molecule has 0 heterocycles. The van der Waals surface area contributed by atoms with Crippen molar-refractivity contribution in [2.75, 3.05) is 0 Å². The van der Waals surface area contributed by atoms with Crippen LogP contribution in [0, 0.1) is 5.82 Å². The van der Waals surface area contributed by atoms with E-state index >= 15 is 0 Å². The first-order valence-corrected chi connectivity index (χ1v) is 6.83. The Labute approximate surface area is 124 Å². The molecule has 0 bridgehead atoms. The fraction of sp³-hybridized carbons (Fsp3) is 0.143.